The molecule has 0 saturated heterocycles. The van der Waals surface area contributed by atoms with Crippen LogP contribution in [0.2, 0.25) is 0 Å². The van der Waals surface area contributed by atoms with E-state index in [4.69, 9.17) is 0 Å². The highest BCUT2D eigenvalue weighted by molar-refractivity contribution is 7.13. The maximum absolute atomic E-state index is 12.7. The van der Waals surface area contributed by atoms with Crippen LogP contribution in [0.4, 0.5) is 14.5 Å². The molecule has 154 valence electrons. The average molecular weight is 428 g/mol. The van der Waals surface area contributed by atoms with Crippen LogP contribution >= 0.6 is 11.3 Å². The van der Waals surface area contributed by atoms with E-state index in [2.05, 4.69) is 20.1 Å². The molecule has 0 atom stereocenters. The van der Waals surface area contributed by atoms with E-state index >= 15 is 0 Å². The van der Waals surface area contributed by atoms with E-state index in [1.54, 1.807) is 30.5 Å². The summed E-state index contributed by atoms with van der Waals surface area (Å²) in [4.78, 5) is 18.1. The van der Waals surface area contributed by atoms with Crippen LogP contribution in [0.5, 0.6) is 5.75 Å². The van der Waals surface area contributed by atoms with E-state index in [-0.39, 0.29) is 18.0 Å². The number of carbonyl (C=O) groups is 1. The Morgan fingerprint density at radius 2 is 2.10 bits per heavy atom. The third-order valence-electron chi connectivity index (χ3n) is 4.52. The molecular formula is C21H18F2N4O2S. The fraction of sp³-hybridized carbons (Fsp3) is 0.190. The van der Waals surface area contributed by atoms with Gasteiger partial charge < -0.3 is 10.1 Å². The minimum Gasteiger partial charge on any atom is -0.433 e. The Morgan fingerprint density at radius 1 is 1.27 bits per heavy atom. The number of hydrogen-bond donors (Lipinski definition) is 1. The van der Waals surface area contributed by atoms with Crippen molar-refractivity contribution in [3.63, 3.8) is 0 Å². The fourth-order valence-corrected chi connectivity index (χ4v) is 4.04. The van der Waals surface area contributed by atoms with Gasteiger partial charge in [0.25, 0.3) is 0 Å². The predicted octanol–water partition coefficient (Wildman–Crippen LogP) is 5.02. The fourth-order valence-electron chi connectivity index (χ4n) is 3.28. The number of alkyl halides is 2. The Hall–Kier alpha value is -3.33. The third kappa shape index (κ3) is 4.02. The van der Waals surface area contributed by atoms with Crippen molar-refractivity contribution >= 4 is 34.0 Å². The number of nitrogens with one attached hydrogen (secondary N) is 1. The lowest BCUT2D eigenvalue weighted by Gasteiger charge is -2.13. The van der Waals surface area contributed by atoms with Gasteiger partial charge in [0.05, 0.1) is 16.8 Å². The van der Waals surface area contributed by atoms with Gasteiger partial charge in [0.15, 0.2) is 5.65 Å². The van der Waals surface area contributed by atoms with Gasteiger partial charge in [-0.2, -0.15) is 13.9 Å². The number of amides is 1. The van der Waals surface area contributed by atoms with Crippen molar-refractivity contribution in [2.45, 2.75) is 27.0 Å². The Kier molecular flexibility index (Phi) is 5.45. The van der Waals surface area contributed by atoms with Crippen molar-refractivity contribution in [1.29, 1.82) is 0 Å². The Balaban J connectivity index is 1.61. The first-order valence-electron chi connectivity index (χ1n) is 9.13. The molecule has 1 N–H and O–H groups in total. The van der Waals surface area contributed by atoms with Gasteiger partial charge in [-0.15, -0.1) is 11.3 Å². The molecular weight excluding hydrogens is 410 g/mol. The van der Waals surface area contributed by atoms with Crippen LogP contribution in [0, 0.1) is 13.8 Å². The number of fused-ring (bicyclic) bond motifs is 1. The van der Waals surface area contributed by atoms with E-state index in [1.807, 2.05) is 30.5 Å². The van der Waals surface area contributed by atoms with Gasteiger partial charge >= 0.3 is 6.61 Å². The van der Waals surface area contributed by atoms with Crippen molar-refractivity contribution in [2.75, 3.05) is 5.32 Å². The lowest BCUT2D eigenvalue weighted by molar-refractivity contribution is -0.116. The molecule has 4 rings (SSSR count). The van der Waals surface area contributed by atoms with E-state index < -0.39 is 12.5 Å². The number of carbonyl (C=O) groups excluding carboxylic acids is 1. The monoisotopic (exact) mass is 428 g/mol. The summed E-state index contributed by atoms with van der Waals surface area (Å²) >= 11 is 1.61. The van der Waals surface area contributed by atoms with Crippen molar-refractivity contribution in [2.24, 2.45) is 0 Å². The number of anilines is 1. The SMILES string of the molecule is Cc1ccc(NC(=O)Cn2nc(C)c3c(-c4cccs4)ccnc32)c(OC(F)F)c1. The van der Waals surface area contributed by atoms with Gasteiger partial charge in [-0.1, -0.05) is 12.1 Å². The summed E-state index contributed by atoms with van der Waals surface area (Å²) in [6.45, 7) is 0.511. The molecule has 0 spiro atoms. The molecule has 9 heteroatoms. The van der Waals surface area contributed by atoms with Crippen molar-refractivity contribution in [3.8, 4) is 16.2 Å². The number of thiophene rings is 1. The van der Waals surface area contributed by atoms with Gasteiger partial charge in [0, 0.05) is 16.6 Å². The Labute approximate surface area is 175 Å². The number of halogens is 2. The molecule has 0 saturated carbocycles. The largest absolute Gasteiger partial charge is 0.433 e. The summed E-state index contributed by atoms with van der Waals surface area (Å²) in [5.74, 6) is -0.511. The number of pyridine rings is 1. The number of aromatic nitrogens is 3. The molecule has 3 aromatic heterocycles. The number of aryl methyl sites for hydroxylation is 2. The molecule has 0 aliphatic rings. The van der Waals surface area contributed by atoms with Crippen LogP contribution < -0.4 is 10.1 Å². The van der Waals surface area contributed by atoms with E-state index in [1.165, 1.54) is 16.8 Å². The Morgan fingerprint density at radius 3 is 2.83 bits per heavy atom. The highest BCUT2D eigenvalue weighted by Crippen LogP contribution is 2.33. The summed E-state index contributed by atoms with van der Waals surface area (Å²) in [5, 5.41) is 9.97. The van der Waals surface area contributed by atoms with Crippen molar-refractivity contribution < 1.29 is 18.3 Å². The molecule has 0 radical (unpaired) electrons. The van der Waals surface area contributed by atoms with Crippen LogP contribution in [-0.2, 0) is 11.3 Å². The minimum absolute atomic E-state index is 0.0852. The highest BCUT2D eigenvalue weighted by atomic mass is 32.1. The third-order valence-corrected chi connectivity index (χ3v) is 5.42. The second kappa shape index (κ2) is 8.19. The standard InChI is InChI=1S/C21H18F2N4O2S/c1-12-5-6-15(16(10-12)29-21(22)23)25-18(28)11-27-20-19(13(2)26-27)14(7-8-24-20)17-4-3-9-30-17/h3-10,21H,11H2,1-2H3,(H,25,28). The molecule has 0 fully saturated rings. The number of ether oxygens (including phenoxy) is 1. The number of hydrogen-bond acceptors (Lipinski definition) is 5. The van der Waals surface area contributed by atoms with Gasteiger partial charge in [0.1, 0.15) is 12.3 Å². The molecule has 6 nitrogen and oxygen atoms in total. The lowest BCUT2D eigenvalue weighted by Crippen LogP contribution is -2.20. The minimum atomic E-state index is -2.99. The maximum atomic E-state index is 12.7. The molecule has 1 aromatic carbocycles. The summed E-state index contributed by atoms with van der Waals surface area (Å²) in [6.07, 6.45) is 1.68. The first kappa shape index (κ1) is 20.0. The zero-order chi connectivity index (χ0) is 21.3. The van der Waals surface area contributed by atoms with E-state index in [0.29, 0.717) is 5.65 Å². The van der Waals surface area contributed by atoms with Crippen LogP contribution in [0.3, 0.4) is 0 Å². The van der Waals surface area contributed by atoms with Gasteiger partial charge in [0.2, 0.25) is 5.91 Å². The molecule has 0 unspecified atom stereocenters. The summed E-state index contributed by atoms with van der Waals surface area (Å²) in [5.41, 5.74) is 3.26. The summed E-state index contributed by atoms with van der Waals surface area (Å²) in [6, 6.07) is 10.6. The molecule has 0 aliphatic carbocycles. The quantitative estimate of drug-likeness (QED) is 0.468. The average Bonchev–Trinajstić information content (AvgIpc) is 3.32. The first-order valence-corrected chi connectivity index (χ1v) is 10.0. The molecule has 4 aromatic rings. The van der Waals surface area contributed by atoms with E-state index in [0.717, 1.165) is 27.1 Å². The van der Waals surface area contributed by atoms with Crippen molar-refractivity contribution in [1.82, 2.24) is 14.8 Å². The highest BCUT2D eigenvalue weighted by Gasteiger charge is 2.18. The van der Waals surface area contributed by atoms with Gasteiger partial charge in [-0.3, -0.25) is 4.79 Å². The topological polar surface area (TPSA) is 69.0 Å². The van der Waals surface area contributed by atoms with Crippen LogP contribution in [-0.4, -0.2) is 27.3 Å². The van der Waals surface area contributed by atoms with E-state index in [9.17, 15) is 13.6 Å². The maximum Gasteiger partial charge on any atom is 0.387 e. The molecule has 30 heavy (non-hydrogen) atoms. The smallest absolute Gasteiger partial charge is 0.387 e. The normalized spacial score (nSPS) is 11.2. The Bertz CT molecular complexity index is 1210. The van der Waals surface area contributed by atoms with Crippen LogP contribution in [0.25, 0.3) is 21.5 Å². The molecule has 0 aliphatic heterocycles. The van der Waals surface area contributed by atoms with Crippen LogP contribution in [0.1, 0.15) is 11.3 Å². The van der Waals surface area contributed by atoms with Gasteiger partial charge in [-0.05, 0) is 49.1 Å². The van der Waals surface area contributed by atoms with Gasteiger partial charge in [-0.25, -0.2) is 9.67 Å². The second-order valence-electron chi connectivity index (χ2n) is 6.70. The molecule has 0 bridgehead atoms. The predicted molar refractivity (Wildman–Crippen MR) is 112 cm³/mol. The zero-order valence-corrected chi connectivity index (χ0v) is 17.0. The number of benzene rings is 1. The summed E-state index contributed by atoms with van der Waals surface area (Å²) in [7, 11) is 0. The molecule has 1 amide bonds. The van der Waals surface area contributed by atoms with Crippen LogP contribution in [0.15, 0.2) is 48.0 Å². The van der Waals surface area contributed by atoms with Crippen molar-refractivity contribution in [3.05, 3.63) is 59.2 Å². The number of rotatable bonds is 6. The first-order chi connectivity index (χ1) is 14.4. The molecule has 3 heterocycles. The lowest BCUT2D eigenvalue weighted by atomic mass is 10.1. The zero-order valence-electron chi connectivity index (χ0n) is 16.2. The second-order valence-corrected chi connectivity index (χ2v) is 7.65. The summed E-state index contributed by atoms with van der Waals surface area (Å²) < 4.78 is 31.4. The number of nitrogens with zero attached hydrogens (tertiary/aromatic N) is 3.